The van der Waals surface area contributed by atoms with Crippen LogP contribution in [0.2, 0.25) is 0 Å². The number of nitrogens with one attached hydrogen (secondary N) is 1. The number of hydrogen-bond acceptors (Lipinski definition) is 7. The summed E-state index contributed by atoms with van der Waals surface area (Å²) in [6, 6.07) is 14.5. The highest BCUT2D eigenvalue weighted by Crippen LogP contribution is 2.46. The smallest absolute Gasteiger partial charge is 0.415 e. The van der Waals surface area contributed by atoms with Gasteiger partial charge < -0.3 is 19.5 Å². The fraction of sp³-hybridized carbons (Fsp3) is 0.516. The van der Waals surface area contributed by atoms with Gasteiger partial charge in [-0.25, -0.2) is 14.4 Å². The Morgan fingerprint density at radius 1 is 0.821 bits per heavy atom. The molecular weight excluding hydrogens is 496 g/mol. The molecule has 0 spiro atoms. The molecule has 2 unspecified atom stereocenters. The van der Waals surface area contributed by atoms with Crippen molar-refractivity contribution in [1.82, 2.24) is 0 Å². The minimum absolute atomic E-state index is 0.177. The van der Waals surface area contributed by atoms with Crippen molar-refractivity contribution >= 4 is 29.4 Å². The Morgan fingerprint density at radius 3 is 1.92 bits per heavy atom. The molecule has 0 saturated heterocycles. The van der Waals surface area contributed by atoms with Gasteiger partial charge in [0.1, 0.15) is 17.7 Å². The van der Waals surface area contributed by atoms with Crippen molar-refractivity contribution in [3.63, 3.8) is 0 Å². The Labute approximate surface area is 232 Å². The lowest BCUT2D eigenvalue weighted by Crippen LogP contribution is -2.52. The molecule has 212 valence electrons. The summed E-state index contributed by atoms with van der Waals surface area (Å²) in [6.45, 7) is 17.7. The van der Waals surface area contributed by atoms with Crippen LogP contribution in [0.5, 0.6) is 0 Å². The van der Waals surface area contributed by atoms with E-state index in [4.69, 9.17) is 14.2 Å². The number of rotatable bonds is 4. The number of amides is 1. The first kappa shape index (κ1) is 30.0. The Kier molecular flexibility index (Phi) is 8.68. The molecule has 1 N–H and O–H groups in total. The summed E-state index contributed by atoms with van der Waals surface area (Å²) in [5.41, 5.74) is 2.42. The molecule has 2 aromatic carbocycles. The van der Waals surface area contributed by atoms with E-state index in [9.17, 15) is 14.4 Å². The van der Waals surface area contributed by atoms with Crippen LogP contribution in [0.15, 0.2) is 48.5 Å². The lowest BCUT2D eigenvalue weighted by molar-refractivity contribution is -0.146. The molecule has 4 rings (SSSR count). The van der Waals surface area contributed by atoms with Crippen molar-refractivity contribution in [2.24, 2.45) is 0 Å². The van der Waals surface area contributed by atoms with E-state index >= 15 is 0 Å². The summed E-state index contributed by atoms with van der Waals surface area (Å²) in [5.74, 6) is -0.594. The van der Waals surface area contributed by atoms with E-state index in [1.54, 1.807) is 27.7 Å². The first-order valence-electron chi connectivity index (χ1n) is 13.5. The van der Waals surface area contributed by atoms with Crippen molar-refractivity contribution in [1.29, 1.82) is 0 Å². The third-order valence-corrected chi connectivity index (χ3v) is 7.06. The molecule has 8 nitrogen and oxygen atoms in total. The van der Waals surface area contributed by atoms with E-state index in [1.165, 1.54) is 10.5 Å². The molecule has 2 aliphatic heterocycles. The number of ether oxygens (including phenoxy) is 3. The third-order valence-electron chi connectivity index (χ3n) is 7.06. The van der Waals surface area contributed by atoms with Crippen molar-refractivity contribution in [3.8, 4) is 0 Å². The summed E-state index contributed by atoms with van der Waals surface area (Å²) in [6.07, 6.45) is -0.534. The van der Waals surface area contributed by atoms with Gasteiger partial charge in [-0.2, -0.15) is 0 Å². The topological polar surface area (TPSA) is 94.2 Å². The zero-order chi connectivity index (χ0) is 29.2. The highest BCUT2D eigenvalue weighted by atomic mass is 16.6. The molecule has 2 heterocycles. The van der Waals surface area contributed by atoms with E-state index < -0.39 is 29.1 Å². The number of carbonyl (C=O) groups excluding carboxylic acids is 3. The minimum atomic E-state index is -0.741. The van der Waals surface area contributed by atoms with E-state index in [2.05, 4.69) is 25.2 Å². The first-order chi connectivity index (χ1) is 18.2. The molecule has 0 aromatic heterocycles. The molecule has 2 atom stereocenters. The Hall–Kier alpha value is -3.55. The lowest BCUT2D eigenvalue weighted by Gasteiger charge is -2.32. The zero-order valence-electron chi connectivity index (χ0n) is 24.6. The highest BCUT2D eigenvalue weighted by Gasteiger charge is 2.53. The molecule has 0 aliphatic carbocycles. The second-order valence-corrected chi connectivity index (χ2v) is 11.8. The summed E-state index contributed by atoms with van der Waals surface area (Å²) in [5, 5.41) is 3.23. The molecule has 1 amide bonds. The van der Waals surface area contributed by atoms with E-state index in [0.29, 0.717) is 12.3 Å². The molecule has 0 bridgehead atoms. The quantitative estimate of drug-likeness (QED) is 0.378. The van der Waals surface area contributed by atoms with E-state index in [-0.39, 0.29) is 24.0 Å². The minimum Gasteiger partial charge on any atom is -0.464 e. The zero-order valence-corrected chi connectivity index (χ0v) is 24.6. The average molecular weight is 539 g/mol. The van der Waals surface area contributed by atoms with E-state index in [0.717, 1.165) is 11.3 Å². The Balaban J connectivity index is 0.000000230. The summed E-state index contributed by atoms with van der Waals surface area (Å²) in [7, 11) is 0. The summed E-state index contributed by atoms with van der Waals surface area (Å²) in [4.78, 5) is 38.5. The van der Waals surface area contributed by atoms with Gasteiger partial charge in [0, 0.05) is 16.5 Å². The van der Waals surface area contributed by atoms with Gasteiger partial charge in [0.15, 0.2) is 0 Å². The van der Waals surface area contributed by atoms with Crippen molar-refractivity contribution in [3.05, 3.63) is 59.7 Å². The first-order valence-corrected chi connectivity index (χ1v) is 13.5. The molecule has 0 fully saturated rings. The number of anilines is 2. The van der Waals surface area contributed by atoms with Crippen LogP contribution < -0.4 is 10.2 Å². The highest BCUT2D eigenvalue weighted by molar-refractivity contribution is 6.00. The normalized spacial score (nSPS) is 20.0. The summed E-state index contributed by atoms with van der Waals surface area (Å²) < 4.78 is 15.8. The van der Waals surface area contributed by atoms with Gasteiger partial charge in [0.25, 0.3) is 0 Å². The van der Waals surface area contributed by atoms with Crippen molar-refractivity contribution < 1.29 is 28.6 Å². The number of carbonyl (C=O) groups is 3. The van der Waals surface area contributed by atoms with Crippen LogP contribution in [0.3, 0.4) is 0 Å². The lowest BCUT2D eigenvalue weighted by atomic mass is 9.80. The molecule has 39 heavy (non-hydrogen) atoms. The van der Waals surface area contributed by atoms with Gasteiger partial charge in [-0.1, -0.05) is 64.1 Å². The number of fused-ring (bicyclic) bond motifs is 2. The predicted octanol–water partition coefficient (Wildman–Crippen LogP) is 5.97. The third kappa shape index (κ3) is 6.05. The average Bonchev–Trinajstić information content (AvgIpc) is 3.26. The molecular formula is C31H42N2O6. The van der Waals surface area contributed by atoms with Gasteiger partial charge >= 0.3 is 18.0 Å². The molecule has 2 aliphatic rings. The number of nitrogens with zero attached hydrogens (tertiary/aromatic N) is 1. The monoisotopic (exact) mass is 538 g/mol. The molecule has 0 saturated carbocycles. The van der Waals surface area contributed by atoms with Crippen LogP contribution in [-0.2, 0) is 34.6 Å². The van der Waals surface area contributed by atoms with Gasteiger partial charge in [0.05, 0.1) is 18.9 Å². The number of benzene rings is 2. The fourth-order valence-corrected chi connectivity index (χ4v) is 5.22. The van der Waals surface area contributed by atoms with Crippen LogP contribution in [0.4, 0.5) is 16.2 Å². The predicted molar refractivity (Wildman–Crippen MR) is 152 cm³/mol. The fourth-order valence-electron chi connectivity index (χ4n) is 5.22. The number of hydrogen-bond donors (Lipinski definition) is 1. The maximum Gasteiger partial charge on any atom is 0.415 e. The Morgan fingerprint density at radius 2 is 1.36 bits per heavy atom. The van der Waals surface area contributed by atoms with Crippen LogP contribution in [0.25, 0.3) is 0 Å². The van der Waals surface area contributed by atoms with Crippen LogP contribution in [-0.4, -0.2) is 48.9 Å². The van der Waals surface area contributed by atoms with Crippen molar-refractivity contribution in [2.45, 2.75) is 90.8 Å². The second kappa shape index (κ2) is 11.3. The standard InChI is InChI=1S/C18H25NO4.C13H17NO2/c1-7-22-15(20)14-18(5,6)12-10-8-9-11-13(12)19(14)16(21)23-17(2,3)4;1-4-16-12(15)11-13(2,3)9-7-5-6-8-10(9)14-11/h8-11,14H,7H2,1-6H3;5-8,11,14H,4H2,1-3H3. The van der Waals surface area contributed by atoms with Crippen LogP contribution in [0, 0.1) is 0 Å². The van der Waals surface area contributed by atoms with Gasteiger partial charge in [-0.15, -0.1) is 0 Å². The van der Waals surface area contributed by atoms with Gasteiger partial charge in [0.2, 0.25) is 0 Å². The van der Waals surface area contributed by atoms with Crippen LogP contribution in [0.1, 0.15) is 73.4 Å². The molecule has 2 aromatic rings. The Bertz CT molecular complexity index is 1210. The largest absolute Gasteiger partial charge is 0.464 e. The van der Waals surface area contributed by atoms with Gasteiger partial charge in [-0.3, -0.25) is 4.90 Å². The van der Waals surface area contributed by atoms with Crippen molar-refractivity contribution in [2.75, 3.05) is 23.4 Å². The number of para-hydroxylation sites is 2. The SMILES string of the molecule is CCOC(=O)C1N(C(=O)OC(C)(C)C)c2ccccc2C1(C)C.CCOC(=O)C1Nc2ccccc2C1(C)C. The summed E-state index contributed by atoms with van der Waals surface area (Å²) >= 11 is 0. The maximum atomic E-state index is 12.7. The van der Waals surface area contributed by atoms with Gasteiger partial charge in [-0.05, 0) is 57.9 Å². The van der Waals surface area contributed by atoms with E-state index in [1.807, 2.05) is 63.2 Å². The maximum absolute atomic E-state index is 12.7. The second-order valence-electron chi connectivity index (χ2n) is 11.8. The number of esters is 2. The molecule has 0 radical (unpaired) electrons. The molecule has 8 heteroatoms. The van der Waals surface area contributed by atoms with Crippen LogP contribution >= 0.6 is 0 Å².